The minimum absolute atomic E-state index is 0.00113. The van der Waals surface area contributed by atoms with Crippen LogP contribution >= 0.6 is 0 Å². The molecule has 0 bridgehead atoms. The van der Waals surface area contributed by atoms with Crippen molar-refractivity contribution >= 4 is 5.97 Å². The molecule has 0 aliphatic heterocycles. The summed E-state index contributed by atoms with van der Waals surface area (Å²) in [4.78, 5) is 12.4. The van der Waals surface area contributed by atoms with Gasteiger partial charge >= 0.3 is 5.97 Å². The Hall–Kier alpha value is -2.33. The van der Waals surface area contributed by atoms with Crippen molar-refractivity contribution in [3.05, 3.63) is 65.7 Å². The van der Waals surface area contributed by atoms with Crippen LogP contribution in [0.15, 0.2) is 54.6 Å². The molecule has 4 heteroatoms. The number of unbranched alkanes of at least 4 members (excludes halogenated alkanes) is 11. The van der Waals surface area contributed by atoms with E-state index in [4.69, 9.17) is 9.47 Å². The van der Waals surface area contributed by atoms with E-state index in [1.165, 1.54) is 88.2 Å². The second-order valence-electron chi connectivity index (χ2n) is 12.2. The first kappa shape index (κ1) is 33.9. The Morgan fingerprint density at radius 3 is 2.00 bits per heavy atom. The first-order chi connectivity index (χ1) is 19.4. The van der Waals surface area contributed by atoms with Crippen LogP contribution in [-0.2, 0) is 22.5 Å². The number of benzene rings is 2. The zero-order valence-corrected chi connectivity index (χ0v) is 26.2. The van der Waals surface area contributed by atoms with E-state index in [0.717, 1.165) is 29.7 Å². The summed E-state index contributed by atoms with van der Waals surface area (Å²) >= 11 is 0. The third-order valence-corrected chi connectivity index (χ3v) is 7.76. The van der Waals surface area contributed by atoms with Crippen LogP contribution in [0.25, 0.3) is 0 Å². The van der Waals surface area contributed by atoms with Gasteiger partial charge in [0.15, 0.2) is 0 Å². The van der Waals surface area contributed by atoms with E-state index in [1.54, 1.807) is 0 Å². The molecule has 0 aliphatic carbocycles. The van der Waals surface area contributed by atoms with Crippen molar-refractivity contribution in [2.45, 2.75) is 123 Å². The molecular formula is C36H58NO3+. The molecule has 0 saturated heterocycles. The van der Waals surface area contributed by atoms with Crippen molar-refractivity contribution in [3.63, 3.8) is 0 Å². The van der Waals surface area contributed by atoms with Crippen LogP contribution in [0, 0.1) is 0 Å². The van der Waals surface area contributed by atoms with Gasteiger partial charge < -0.3 is 14.0 Å². The SMILES string of the molecule is CCCCCCCCCCCCCCc1ccccc1OC(C)CCOC(=O)CC[N+](C)(C)Cc1ccccc1. The average Bonchev–Trinajstić information content (AvgIpc) is 2.94. The van der Waals surface area contributed by atoms with E-state index in [0.29, 0.717) is 19.4 Å². The molecule has 2 rings (SSSR count). The van der Waals surface area contributed by atoms with E-state index in [2.05, 4.69) is 70.4 Å². The molecule has 2 aromatic carbocycles. The Kier molecular flexibility index (Phi) is 17.4. The Bertz CT molecular complexity index is 911. The molecule has 0 saturated carbocycles. The van der Waals surface area contributed by atoms with E-state index in [1.807, 2.05) is 12.1 Å². The number of ether oxygens (including phenoxy) is 2. The number of esters is 1. The average molecular weight is 553 g/mol. The van der Waals surface area contributed by atoms with Gasteiger partial charge in [-0.25, -0.2) is 0 Å². The predicted octanol–water partition coefficient (Wildman–Crippen LogP) is 9.30. The van der Waals surface area contributed by atoms with Crippen LogP contribution in [-0.4, -0.2) is 43.8 Å². The second-order valence-corrected chi connectivity index (χ2v) is 12.2. The third-order valence-electron chi connectivity index (χ3n) is 7.76. The highest BCUT2D eigenvalue weighted by Crippen LogP contribution is 2.23. The summed E-state index contributed by atoms with van der Waals surface area (Å²) in [5.41, 5.74) is 2.57. The normalized spacial score (nSPS) is 12.3. The van der Waals surface area contributed by atoms with Crippen molar-refractivity contribution in [1.29, 1.82) is 0 Å². The van der Waals surface area contributed by atoms with Gasteiger partial charge in [-0.1, -0.05) is 126 Å². The lowest BCUT2D eigenvalue weighted by Gasteiger charge is -2.29. The van der Waals surface area contributed by atoms with E-state index in [-0.39, 0.29) is 12.1 Å². The quantitative estimate of drug-likeness (QED) is 0.0783. The number of rotatable bonds is 23. The highest BCUT2D eigenvalue weighted by molar-refractivity contribution is 5.69. The van der Waals surface area contributed by atoms with Crippen molar-refractivity contribution < 1.29 is 18.8 Å². The molecule has 40 heavy (non-hydrogen) atoms. The highest BCUT2D eigenvalue weighted by Gasteiger charge is 2.18. The van der Waals surface area contributed by atoms with Gasteiger partial charge in [-0.2, -0.15) is 0 Å². The number of hydrogen-bond acceptors (Lipinski definition) is 3. The molecule has 4 nitrogen and oxygen atoms in total. The topological polar surface area (TPSA) is 35.5 Å². The van der Waals surface area contributed by atoms with E-state index < -0.39 is 0 Å². The smallest absolute Gasteiger partial charge is 0.311 e. The van der Waals surface area contributed by atoms with Crippen LogP contribution in [0.5, 0.6) is 5.75 Å². The Morgan fingerprint density at radius 2 is 1.35 bits per heavy atom. The molecule has 0 spiro atoms. The Balaban J connectivity index is 1.56. The maximum Gasteiger partial charge on any atom is 0.311 e. The molecule has 2 aromatic rings. The summed E-state index contributed by atoms with van der Waals surface area (Å²) in [5.74, 6) is 0.850. The van der Waals surface area contributed by atoms with Crippen molar-refractivity contribution in [3.8, 4) is 5.75 Å². The molecular weight excluding hydrogens is 494 g/mol. The van der Waals surface area contributed by atoms with Gasteiger partial charge in [0.25, 0.3) is 0 Å². The lowest BCUT2D eigenvalue weighted by Crippen LogP contribution is -2.40. The zero-order chi connectivity index (χ0) is 28.9. The number of hydrogen-bond donors (Lipinski definition) is 0. The number of quaternary nitrogens is 1. The largest absolute Gasteiger partial charge is 0.490 e. The molecule has 0 fully saturated rings. The zero-order valence-electron chi connectivity index (χ0n) is 26.2. The minimum Gasteiger partial charge on any atom is -0.490 e. The maximum absolute atomic E-state index is 12.4. The van der Waals surface area contributed by atoms with Crippen LogP contribution in [0.1, 0.15) is 115 Å². The number of para-hydroxylation sites is 1. The summed E-state index contributed by atoms with van der Waals surface area (Å²) in [5, 5.41) is 0. The van der Waals surface area contributed by atoms with Crippen molar-refractivity contribution in [1.82, 2.24) is 0 Å². The molecule has 0 heterocycles. The minimum atomic E-state index is -0.126. The second kappa shape index (κ2) is 20.5. The molecule has 0 aromatic heterocycles. The summed E-state index contributed by atoms with van der Waals surface area (Å²) in [6.07, 6.45) is 18.6. The summed E-state index contributed by atoms with van der Waals surface area (Å²) < 4.78 is 12.6. The third kappa shape index (κ3) is 16.1. The first-order valence-corrected chi connectivity index (χ1v) is 16.2. The maximum atomic E-state index is 12.4. The van der Waals surface area contributed by atoms with Gasteiger partial charge in [0.05, 0.1) is 39.8 Å². The van der Waals surface area contributed by atoms with Gasteiger partial charge in [-0.3, -0.25) is 4.79 Å². The summed E-state index contributed by atoms with van der Waals surface area (Å²) in [6, 6.07) is 18.8. The van der Waals surface area contributed by atoms with Gasteiger partial charge in [0.1, 0.15) is 12.3 Å². The molecule has 1 atom stereocenters. The number of aryl methyl sites for hydroxylation is 1. The van der Waals surface area contributed by atoms with E-state index in [9.17, 15) is 4.79 Å². The molecule has 0 N–H and O–H groups in total. The molecule has 0 radical (unpaired) electrons. The Labute approximate surface area is 246 Å². The highest BCUT2D eigenvalue weighted by atomic mass is 16.5. The van der Waals surface area contributed by atoms with Gasteiger partial charge in [0, 0.05) is 12.0 Å². The molecule has 0 aliphatic rings. The van der Waals surface area contributed by atoms with Gasteiger partial charge in [-0.05, 0) is 31.4 Å². The summed E-state index contributed by atoms with van der Waals surface area (Å²) in [7, 11) is 4.32. The van der Waals surface area contributed by atoms with Crippen molar-refractivity contribution in [2.24, 2.45) is 0 Å². The fraction of sp³-hybridized carbons (Fsp3) is 0.639. The predicted molar refractivity (Wildman–Crippen MR) is 169 cm³/mol. The molecule has 224 valence electrons. The number of carbonyl (C=O) groups is 1. The standard InChI is InChI=1S/C36H58NO3/c1-5-6-7-8-9-10-11-12-13-14-15-19-24-34-25-20-21-26-35(34)40-32(2)28-30-39-36(38)27-29-37(3,4)31-33-22-17-16-18-23-33/h16-18,20-23,25-26,32H,5-15,19,24,27-31H2,1-4H3/q+1. The van der Waals surface area contributed by atoms with Crippen LogP contribution in [0.4, 0.5) is 0 Å². The number of carbonyl (C=O) groups excluding carboxylic acids is 1. The fourth-order valence-corrected chi connectivity index (χ4v) is 5.22. The lowest BCUT2D eigenvalue weighted by atomic mass is 10.0. The van der Waals surface area contributed by atoms with Crippen molar-refractivity contribution in [2.75, 3.05) is 27.2 Å². The lowest BCUT2D eigenvalue weighted by molar-refractivity contribution is -0.903. The fourth-order valence-electron chi connectivity index (χ4n) is 5.22. The first-order valence-electron chi connectivity index (χ1n) is 16.2. The van der Waals surface area contributed by atoms with Crippen LogP contribution in [0.2, 0.25) is 0 Å². The van der Waals surface area contributed by atoms with Gasteiger partial charge in [-0.15, -0.1) is 0 Å². The van der Waals surface area contributed by atoms with Crippen LogP contribution in [0.3, 0.4) is 0 Å². The molecule has 0 amide bonds. The summed E-state index contributed by atoms with van der Waals surface area (Å²) in [6.45, 7) is 6.40. The number of nitrogens with zero attached hydrogens (tertiary/aromatic N) is 1. The monoisotopic (exact) mass is 552 g/mol. The van der Waals surface area contributed by atoms with E-state index >= 15 is 0 Å². The van der Waals surface area contributed by atoms with Gasteiger partial charge in [0.2, 0.25) is 0 Å². The van der Waals surface area contributed by atoms with Crippen LogP contribution < -0.4 is 4.74 Å². The molecule has 1 unspecified atom stereocenters. The Morgan fingerprint density at radius 1 is 0.775 bits per heavy atom.